The van der Waals surface area contributed by atoms with Crippen molar-refractivity contribution >= 4 is 29.1 Å². The summed E-state index contributed by atoms with van der Waals surface area (Å²) in [6, 6.07) is 3.89. The summed E-state index contributed by atoms with van der Waals surface area (Å²) in [6.45, 7) is -0.195. The minimum atomic E-state index is -0.835. The number of halogens is 1. The van der Waals surface area contributed by atoms with Gasteiger partial charge in [-0.05, 0) is 12.1 Å². The number of hydrogen-bond donors (Lipinski definition) is 2. The zero-order chi connectivity index (χ0) is 15.0. The monoisotopic (exact) mass is 304 g/mol. The van der Waals surface area contributed by atoms with E-state index in [9.17, 15) is 14.9 Å². The summed E-state index contributed by atoms with van der Waals surface area (Å²) in [5.41, 5.74) is -0.366. The standard InChI is InChI=1S/C11H13ClN2O6/c12-3-5-20-11(16)13-9-2-1-8(19-6-4-15)7-10(9)14(17)18/h1-2,7,15H,3-6H2,(H,13,16). The molecule has 0 heterocycles. The van der Waals surface area contributed by atoms with Gasteiger partial charge in [0.15, 0.2) is 0 Å². The summed E-state index contributed by atoms with van der Waals surface area (Å²) >= 11 is 5.35. The van der Waals surface area contributed by atoms with Crippen LogP contribution >= 0.6 is 11.6 Å². The SMILES string of the molecule is O=C(Nc1ccc(OCCO)cc1[N+](=O)[O-])OCCCl. The number of nitrogens with one attached hydrogen (secondary N) is 1. The molecule has 20 heavy (non-hydrogen) atoms. The zero-order valence-corrected chi connectivity index (χ0v) is 11.1. The van der Waals surface area contributed by atoms with E-state index >= 15 is 0 Å². The molecule has 1 rings (SSSR count). The number of ether oxygens (including phenoxy) is 2. The van der Waals surface area contributed by atoms with Gasteiger partial charge < -0.3 is 14.6 Å². The molecule has 8 nitrogen and oxygen atoms in total. The number of nitro groups is 1. The van der Waals surface area contributed by atoms with E-state index in [0.717, 1.165) is 6.07 Å². The minimum Gasteiger partial charge on any atom is -0.491 e. The fourth-order valence-corrected chi connectivity index (χ4v) is 1.38. The Bertz CT molecular complexity index is 482. The highest BCUT2D eigenvalue weighted by atomic mass is 35.5. The zero-order valence-electron chi connectivity index (χ0n) is 10.4. The quantitative estimate of drug-likeness (QED) is 0.451. The Morgan fingerprint density at radius 1 is 1.45 bits per heavy atom. The molecule has 0 fully saturated rings. The Kier molecular flexibility index (Phi) is 6.54. The number of aliphatic hydroxyl groups excluding tert-OH is 1. The third-order valence-corrected chi connectivity index (χ3v) is 2.23. The molecule has 1 aromatic rings. The van der Waals surface area contributed by atoms with Crippen molar-refractivity contribution in [1.82, 2.24) is 0 Å². The van der Waals surface area contributed by atoms with Crippen LogP contribution in [0.2, 0.25) is 0 Å². The molecule has 110 valence electrons. The van der Waals surface area contributed by atoms with E-state index in [2.05, 4.69) is 10.1 Å². The molecule has 9 heteroatoms. The van der Waals surface area contributed by atoms with Crippen molar-refractivity contribution in [3.8, 4) is 5.75 Å². The second-order valence-electron chi connectivity index (χ2n) is 3.46. The Labute approximate surface area is 119 Å². The number of nitrogens with zero attached hydrogens (tertiary/aromatic N) is 1. The first-order valence-electron chi connectivity index (χ1n) is 5.60. The Hall–Kier alpha value is -2.06. The van der Waals surface area contributed by atoms with Gasteiger partial charge in [0.25, 0.3) is 5.69 Å². The predicted molar refractivity (Wildman–Crippen MR) is 71.4 cm³/mol. The summed E-state index contributed by atoms with van der Waals surface area (Å²) < 4.78 is 9.71. The molecule has 0 atom stereocenters. The van der Waals surface area contributed by atoms with Gasteiger partial charge in [-0.2, -0.15) is 0 Å². The first-order chi connectivity index (χ1) is 9.58. The summed E-state index contributed by atoms with van der Waals surface area (Å²) in [6.07, 6.45) is -0.835. The molecule has 0 spiro atoms. The molecular weight excluding hydrogens is 292 g/mol. The molecule has 1 amide bonds. The molecule has 0 saturated carbocycles. The van der Waals surface area contributed by atoms with Gasteiger partial charge in [0.2, 0.25) is 0 Å². The van der Waals surface area contributed by atoms with Gasteiger partial charge in [-0.15, -0.1) is 11.6 Å². The van der Waals surface area contributed by atoms with Gasteiger partial charge in [0.05, 0.1) is 23.5 Å². The van der Waals surface area contributed by atoms with Crippen molar-refractivity contribution < 1.29 is 24.3 Å². The molecule has 0 aromatic heterocycles. The van der Waals surface area contributed by atoms with E-state index in [1.165, 1.54) is 12.1 Å². The van der Waals surface area contributed by atoms with Crippen LogP contribution in [0.5, 0.6) is 5.75 Å². The number of benzene rings is 1. The lowest BCUT2D eigenvalue weighted by molar-refractivity contribution is -0.384. The lowest BCUT2D eigenvalue weighted by atomic mass is 10.2. The van der Waals surface area contributed by atoms with Crippen molar-refractivity contribution in [2.24, 2.45) is 0 Å². The van der Waals surface area contributed by atoms with E-state index < -0.39 is 11.0 Å². The van der Waals surface area contributed by atoms with E-state index in [-0.39, 0.29) is 42.8 Å². The third-order valence-electron chi connectivity index (χ3n) is 2.07. The van der Waals surface area contributed by atoms with Crippen molar-refractivity contribution in [2.45, 2.75) is 0 Å². The molecule has 0 saturated heterocycles. The molecule has 0 aliphatic heterocycles. The minimum absolute atomic E-state index is 0.00111. The number of aliphatic hydroxyl groups is 1. The van der Waals surface area contributed by atoms with Crippen molar-refractivity contribution in [3.63, 3.8) is 0 Å². The summed E-state index contributed by atoms with van der Waals surface area (Å²) in [5, 5.41) is 21.8. The van der Waals surface area contributed by atoms with Crippen molar-refractivity contribution in [2.75, 3.05) is 31.0 Å². The maximum Gasteiger partial charge on any atom is 0.411 e. The Morgan fingerprint density at radius 2 is 2.20 bits per heavy atom. The average Bonchev–Trinajstić information content (AvgIpc) is 2.43. The second kappa shape index (κ2) is 8.18. The second-order valence-corrected chi connectivity index (χ2v) is 3.84. The Balaban J connectivity index is 2.84. The van der Waals surface area contributed by atoms with Crippen LogP contribution in [0.1, 0.15) is 0 Å². The maximum atomic E-state index is 11.3. The highest BCUT2D eigenvalue weighted by Gasteiger charge is 2.17. The van der Waals surface area contributed by atoms with Crippen LogP contribution in [0.15, 0.2) is 18.2 Å². The fraction of sp³-hybridized carbons (Fsp3) is 0.364. The number of rotatable bonds is 7. The smallest absolute Gasteiger partial charge is 0.411 e. The van der Waals surface area contributed by atoms with Crippen molar-refractivity contribution in [3.05, 3.63) is 28.3 Å². The fourth-order valence-electron chi connectivity index (χ4n) is 1.30. The van der Waals surface area contributed by atoms with Crippen LogP contribution < -0.4 is 10.1 Å². The molecule has 0 aliphatic carbocycles. The van der Waals surface area contributed by atoms with E-state index in [1.807, 2.05) is 0 Å². The lowest BCUT2D eigenvalue weighted by Gasteiger charge is -2.08. The number of carbonyl (C=O) groups is 1. The molecule has 1 aromatic carbocycles. The normalized spacial score (nSPS) is 9.90. The first kappa shape index (κ1) is 16.0. The molecule has 0 aliphatic rings. The van der Waals surface area contributed by atoms with E-state index in [0.29, 0.717) is 0 Å². The topological polar surface area (TPSA) is 111 Å². The first-order valence-corrected chi connectivity index (χ1v) is 6.13. The van der Waals surface area contributed by atoms with Crippen LogP contribution in [-0.4, -0.2) is 41.8 Å². The molecule has 2 N–H and O–H groups in total. The van der Waals surface area contributed by atoms with Crippen LogP contribution in [0.4, 0.5) is 16.2 Å². The van der Waals surface area contributed by atoms with Gasteiger partial charge in [-0.3, -0.25) is 15.4 Å². The number of carbonyl (C=O) groups excluding carboxylic acids is 1. The maximum absolute atomic E-state index is 11.3. The molecule has 0 radical (unpaired) electrons. The summed E-state index contributed by atoms with van der Waals surface area (Å²) in [5.74, 6) is 0.342. The highest BCUT2D eigenvalue weighted by molar-refractivity contribution is 6.18. The van der Waals surface area contributed by atoms with Crippen LogP contribution in [0.3, 0.4) is 0 Å². The average molecular weight is 305 g/mol. The Morgan fingerprint density at radius 3 is 2.80 bits per heavy atom. The van der Waals surface area contributed by atoms with Crippen LogP contribution in [0.25, 0.3) is 0 Å². The molecule has 0 bridgehead atoms. The third kappa shape index (κ3) is 4.90. The summed E-state index contributed by atoms with van der Waals surface area (Å²) in [4.78, 5) is 21.6. The van der Waals surface area contributed by atoms with Gasteiger partial charge in [0.1, 0.15) is 24.7 Å². The number of anilines is 1. The van der Waals surface area contributed by atoms with Crippen LogP contribution in [-0.2, 0) is 4.74 Å². The highest BCUT2D eigenvalue weighted by Crippen LogP contribution is 2.29. The van der Waals surface area contributed by atoms with E-state index in [4.69, 9.17) is 21.4 Å². The lowest BCUT2D eigenvalue weighted by Crippen LogP contribution is -2.16. The van der Waals surface area contributed by atoms with Gasteiger partial charge in [-0.25, -0.2) is 4.79 Å². The van der Waals surface area contributed by atoms with Crippen molar-refractivity contribution in [1.29, 1.82) is 0 Å². The molecular formula is C11H13ClN2O6. The van der Waals surface area contributed by atoms with Gasteiger partial charge in [0, 0.05) is 0 Å². The predicted octanol–water partition coefficient (Wildman–Crippen LogP) is 1.75. The number of nitro benzene ring substituents is 1. The van der Waals surface area contributed by atoms with Gasteiger partial charge >= 0.3 is 6.09 Å². The largest absolute Gasteiger partial charge is 0.491 e. The number of amides is 1. The number of alkyl halides is 1. The summed E-state index contributed by atoms with van der Waals surface area (Å²) in [7, 11) is 0. The van der Waals surface area contributed by atoms with Gasteiger partial charge in [-0.1, -0.05) is 0 Å². The van der Waals surface area contributed by atoms with E-state index in [1.54, 1.807) is 0 Å². The molecule has 0 unspecified atom stereocenters. The number of hydrogen-bond acceptors (Lipinski definition) is 6. The van der Waals surface area contributed by atoms with Crippen LogP contribution in [0, 0.1) is 10.1 Å².